The van der Waals surface area contributed by atoms with Crippen molar-refractivity contribution in [2.45, 2.75) is 13.3 Å². The Morgan fingerprint density at radius 3 is 2.57 bits per heavy atom. The molecular formula is C18H16ClNO. The summed E-state index contributed by atoms with van der Waals surface area (Å²) in [7, 11) is 1.93. The predicted molar refractivity (Wildman–Crippen MR) is 87.1 cm³/mol. The number of hydrogen-bond donors (Lipinski definition) is 0. The Labute approximate surface area is 129 Å². The minimum Gasteiger partial charge on any atom is -0.350 e. The minimum absolute atomic E-state index is 0.131. The SMILES string of the molecule is Cc1ccc(CC(=O)c2cn(C)c3cc(Cl)ccc23)cc1. The highest BCUT2D eigenvalue weighted by Gasteiger charge is 2.14. The van der Waals surface area contributed by atoms with Gasteiger partial charge < -0.3 is 4.57 Å². The molecule has 0 aliphatic carbocycles. The van der Waals surface area contributed by atoms with Crippen molar-refractivity contribution in [3.05, 3.63) is 70.4 Å². The Bertz CT molecular complexity index is 815. The first-order valence-corrected chi connectivity index (χ1v) is 7.26. The average molecular weight is 298 g/mol. The first-order valence-electron chi connectivity index (χ1n) is 6.88. The molecule has 2 nitrogen and oxygen atoms in total. The third kappa shape index (κ3) is 2.72. The highest BCUT2D eigenvalue weighted by molar-refractivity contribution is 6.31. The lowest BCUT2D eigenvalue weighted by Gasteiger charge is -2.01. The number of carbonyl (C=O) groups is 1. The lowest BCUT2D eigenvalue weighted by atomic mass is 10.0. The second-order valence-electron chi connectivity index (χ2n) is 5.40. The molecular weight excluding hydrogens is 282 g/mol. The molecule has 3 heteroatoms. The summed E-state index contributed by atoms with van der Waals surface area (Å²) >= 11 is 6.03. The van der Waals surface area contributed by atoms with E-state index in [1.54, 1.807) is 0 Å². The highest BCUT2D eigenvalue weighted by atomic mass is 35.5. The molecule has 0 spiro atoms. The van der Waals surface area contributed by atoms with Crippen molar-refractivity contribution in [3.8, 4) is 0 Å². The van der Waals surface area contributed by atoms with Crippen molar-refractivity contribution >= 4 is 28.3 Å². The Balaban J connectivity index is 1.96. The van der Waals surface area contributed by atoms with Crippen LogP contribution in [0.5, 0.6) is 0 Å². The molecule has 106 valence electrons. The Kier molecular flexibility index (Phi) is 3.56. The van der Waals surface area contributed by atoms with E-state index in [0.29, 0.717) is 11.4 Å². The molecule has 1 aromatic heterocycles. The monoisotopic (exact) mass is 297 g/mol. The van der Waals surface area contributed by atoms with E-state index < -0.39 is 0 Å². The lowest BCUT2D eigenvalue weighted by Crippen LogP contribution is -2.02. The molecule has 0 unspecified atom stereocenters. The third-order valence-corrected chi connectivity index (χ3v) is 3.97. The van der Waals surface area contributed by atoms with Crippen molar-refractivity contribution in [2.24, 2.45) is 7.05 Å². The zero-order valence-electron chi connectivity index (χ0n) is 12.1. The summed E-state index contributed by atoms with van der Waals surface area (Å²) in [5.41, 5.74) is 3.97. The summed E-state index contributed by atoms with van der Waals surface area (Å²) in [6, 6.07) is 13.7. The van der Waals surface area contributed by atoms with Gasteiger partial charge in [0, 0.05) is 41.2 Å². The number of benzene rings is 2. The molecule has 3 rings (SSSR count). The summed E-state index contributed by atoms with van der Waals surface area (Å²) in [6.07, 6.45) is 2.31. The summed E-state index contributed by atoms with van der Waals surface area (Å²) in [5, 5.41) is 1.64. The van der Waals surface area contributed by atoms with Crippen molar-refractivity contribution in [1.82, 2.24) is 4.57 Å². The molecule has 1 heterocycles. The number of fused-ring (bicyclic) bond motifs is 1. The predicted octanol–water partition coefficient (Wildman–Crippen LogP) is 4.57. The van der Waals surface area contributed by atoms with Crippen molar-refractivity contribution in [1.29, 1.82) is 0 Å². The minimum atomic E-state index is 0.131. The van der Waals surface area contributed by atoms with E-state index in [1.165, 1.54) is 5.56 Å². The Morgan fingerprint density at radius 1 is 1.14 bits per heavy atom. The van der Waals surface area contributed by atoms with Gasteiger partial charge in [-0.3, -0.25) is 4.79 Å². The molecule has 3 aromatic rings. The maximum absolute atomic E-state index is 12.6. The van der Waals surface area contributed by atoms with Crippen LogP contribution in [0.25, 0.3) is 10.9 Å². The fourth-order valence-electron chi connectivity index (χ4n) is 2.57. The van der Waals surface area contributed by atoms with E-state index in [2.05, 4.69) is 0 Å². The molecule has 0 atom stereocenters. The van der Waals surface area contributed by atoms with Gasteiger partial charge in [0.25, 0.3) is 0 Å². The van der Waals surface area contributed by atoms with Crippen LogP contribution in [0.4, 0.5) is 0 Å². The third-order valence-electron chi connectivity index (χ3n) is 3.74. The van der Waals surface area contributed by atoms with Crippen LogP contribution in [0.15, 0.2) is 48.7 Å². The Hall–Kier alpha value is -2.06. The molecule has 0 amide bonds. The zero-order chi connectivity index (χ0) is 15.0. The van der Waals surface area contributed by atoms with Gasteiger partial charge in [0.2, 0.25) is 0 Å². The van der Waals surface area contributed by atoms with E-state index in [1.807, 2.05) is 67.2 Å². The molecule has 0 saturated heterocycles. The number of halogens is 1. The van der Waals surface area contributed by atoms with Crippen LogP contribution in [0.2, 0.25) is 5.02 Å². The van der Waals surface area contributed by atoms with E-state index >= 15 is 0 Å². The summed E-state index contributed by atoms with van der Waals surface area (Å²) < 4.78 is 1.95. The quantitative estimate of drug-likeness (QED) is 0.649. The number of rotatable bonds is 3. The number of aromatic nitrogens is 1. The van der Waals surface area contributed by atoms with Crippen molar-refractivity contribution in [3.63, 3.8) is 0 Å². The van der Waals surface area contributed by atoms with Gasteiger partial charge in [-0.1, -0.05) is 47.5 Å². The summed E-state index contributed by atoms with van der Waals surface area (Å²) in [4.78, 5) is 12.6. The number of carbonyl (C=O) groups excluding carboxylic acids is 1. The molecule has 0 aliphatic rings. The first-order chi connectivity index (χ1) is 10.0. The van der Waals surface area contributed by atoms with Crippen LogP contribution < -0.4 is 0 Å². The summed E-state index contributed by atoms with van der Waals surface area (Å²) in [5.74, 6) is 0.131. The van der Waals surface area contributed by atoms with Gasteiger partial charge in [-0.15, -0.1) is 0 Å². The van der Waals surface area contributed by atoms with Crippen LogP contribution in [-0.2, 0) is 13.5 Å². The number of nitrogens with zero attached hydrogens (tertiary/aromatic N) is 1. The maximum Gasteiger partial charge on any atom is 0.169 e. The first kappa shape index (κ1) is 13.9. The molecule has 0 saturated carbocycles. The number of hydrogen-bond acceptors (Lipinski definition) is 1. The maximum atomic E-state index is 12.6. The van der Waals surface area contributed by atoms with E-state index in [0.717, 1.165) is 22.0 Å². The second kappa shape index (κ2) is 5.38. The summed E-state index contributed by atoms with van der Waals surface area (Å²) in [6.45, 7) is 2.04. The highest BCUT2D eigenvalue weighted by Crippen LogP contribution is 2.25. The van der Waals surface area contributed by atoms with Gasteiger partial charge in [-0.05, 0) is 24.6 Å². The standard InChI is InChI=1S/C18H16ClNO/c1-12-3-5-13(6-4-12)9-18(21)16-11-20(2)17-10-14(19)7-8-15(16)17/h3-8,10-11H,9H2,1-2H3. The van der Waals surface area contributed by atoms with Gasteiger partial charge in [0.15, 0.2) is 5.78 Å². The zero-order valence-corrected chi connectivity index (χ0v) is 12.8. The molecule has 0 radical (unpaired) electrons. The number of ketones is 1. The molecule has 0 aliphatic heterocycles. The number of aryl methyl sites for hydroxylation is 2. The second-order valence-corrected chi connectivity index (χ2v) is 5.84. The normalized spacial score (nSPS) is 11.0. The smallest absolute Gasteiger partial charge is 0.169 e. The van der Waals surface area contributed by atoms with Gasteiger partial charge >= 0.3 is 0 Å². The Morgan fingerprint density at radius 2 is 1.86 bits per heavy atom. The van der Waals surface area contributed by atoms with Gasteiger partial charge in [-0.25, -0.2) is 0 Å². The topological polar surface area (TPSA) is 22.0 Å². The van der Waals surface area contributed by atoms with Crippen LogP contribution in [0.1, 0.15) is 21.5 Å². The average Bonchev–Trinajstić information content (AvgIpc) is 2.78. The fourth-order valence-corrected chi connectivity index (χ4v) is 2.73. The lowest BCUT2D eigenvalue weighted by molar-refractivity contribution is 0.0994. The molecule has 21 heavy (non-hydrogen) atoms. The van der Waals surface area contributed by atoms with Crippen LogP contribution >= 0.6 is 11.6 Å². The van der Waals surface area contributed by atoms with Crippen molar-refractivity contribution in [2.75, 3.05) is 0 Å². The number of Topliss-reactive ketones (excluding diaryl/α,β-unsaturated/α-hetero) is 1. The van der Waals surface area contributed by atoms with Gasteiger partial charge in [-0.2, -0.15) is 0 Å². The van der Waals surface area contributed by atoms with Gasteiger partial charge in [0.05, 0.1) is 0 Å². The molecule has 0 N–H and O–H groups in total. The molecule has 0 bridgehead atoms. The largest absolute Gasteiger partial charge is 0.350 e. The van der Waals surface area contributed by atoms with Gasteiger partial charge in [0.1, 0.15) is 0 Å². The van der Waals surface area contributed by atoms with E-state index in [4.69, 9.17) is 11.6 Å². The van der Waals surface area contributed by atoms with Crippen molar-refractivity contribution < 1.29 is 4.79 Å². The molecule has 0 fully saturated rings. The van der Waals surface area contributed by atoms with E-state index in [-0.39, 0.29) is 5.78 Å². The fraction of sp³-hybridized carbons (Fsp3) is 0.167. The molecule has 2 aromatic carbocycles. The van der Waals surface area contributed by atoms with Crippen LogP contribution in [0, 0.1) is 6.92 Å². The van der Waals surface area contributed by atoms with E-state index in [9.17, 15) is 4.79 Å². The van der Waals surface area contributed by atoms with Crippen LogP contribution in [-0.4, -0.2) is 10.4 Å². The van der Waals surface area contributed by atoms with Crippen LogP contribution in [0.3, 0.4) is 0 Å².